The maximum atomic E-state index is 13.4. The Morgan fingerprint density at radius 3 is 2.05 bits per heavy atom. The van der Waals surface area contributed by atoms with Crippen molar-refractivity contribution in [1.29, 1.82) is 0 Å². The second-order valence-corrected chi connectivity index (χ2v) is 10.6. The van der Waals surface area contributed by atoms with Gasteiger partial charge in [0.2, 0.25) is 0 Å². The van der Waals surface area contributed by atoms with Crippen LogP contribution in [0.4, 0.5) is 26.3 Å². The van der Waals surface area contributed by atoms with Crippen molar-refractivity contribution < 1.29 is 40.7 Å². The molecule has 2 aromatic rings. The van der Waals surface area contributed by atoms with Crippen molar-refractivity contribution in [3.63, 3.8) is 0 Å². The molecule has 1 fully saturated rings. The molecule has 4 nitrogen and oxygen atoms in total. The van der Waals surface area contributed by atoms with Crippen molar-refractivity contribution in [1.82, 2.24) is 0 Å². The third-order valence-corrected chi connectivity index (χ3v) is 8.28. The molecule has 1 aliphatic carbocycles. The first-order valence-electron chi connectivity index (χ1n) is 12.7. The first-order chi connectivity index (χ1) is 18.3. The van der Waals surface area contributed by atoms with E-state index >= 15 is 0 Å². The molecule has 0 aromatic heterocycles. The van der Waals surface area contributed by atoms with Crippen LogP contribution < -0.4 is 0 Å². The summed E-state index contributed by atoms with van der Waals surface area (Å²) < 4.78 is 86.3. The fourth-order valence-electron chi connectivity index (χ4n) is 5.87. The van der Waals surface area contributed by atoms with Crippen LogP contribution in [0.2, 0.25) is 0 Å². The van der Waals surface area contributed by atoms with Crippen LogP contribution in [0.5, 0.6) is 0 Å². The molecule has 0 spiro atoms. The number of aliphatic imine (C=N–C) groups is 1. The van der Waals surface area contributed by atoms with Gasteiger partial charge in [-0.1, -0.05) is 30.3 Å². The van der Waals surface area contributed by atoms with Gasteiger partial charge in [-0.25, -0.2) is 0 Å². The topological polar surface area (TPSA) is 55.7 Å². The van der Waals surface area contributed by atoms with Gasteiger partial charge in [0.25, 0.3) is 0 Å². The van der Waals surface area contributed by atoms with E-state index in [9.17, 15) is 35.9 Å². The summed E-state index contributed by atoms with van der Waals surface area (Å²) in [6.07, 6.45) is -6.24. The molecule has 10 heteroatoms. The minimum atomic E-state index is -4.95. The van der Waals surface area contributed by atoms with Gasteiger partial charge < -0.3 is 9.53 Å². The molecule has 2 aromatic carbocycles. The smallest absolute Gasteiger partial charge is 0.373 e. The Bertz CT molecular complexity index is 1180. The number of Topliss-reactive ketones (excluding diaryl/α,β-unsaturated/α-hetero) is 1. The number of hydrogen-bond acceptors (Lipinski definition) is 4. The number of benzene rings is 2. The maximum absolute atomic E-state index is 13.4. The Kier molecular flexibility index (Phi) is 8.08. The SMILES string of the molecule is C[C@@H](OCC1(c2ccccc2)CCC(CC=O)(C2C=NCC2=O)CC1)c1cc(C(F)(F)F)cc(C(F)(F)F)c1. The van der Waals surface area contributed by atoms with Gasteiger partial charge in [-0.15, -0.1) is 0 Å². The number of aldehydes is 1. The zero-order chi connectivity index (χ0) is 28.5. The summed E-state index contributed by atoms with van der Waals surface area (Å²) in [7, 11) is 0. The van der Waals surface area contributed by atoms with Crippen molar-refractivity contribution in [3.8, 4) is 0 Å². The summed E-state index contributed by atoms with van der Waals surface area (Å²) >= 11 is 0. The minimum Gasteiger partial charge on any atom is -0.373 e. The number of alkyl halides is 6. The van der Waals surface area contributed by atoms with Crippen molar-refractivity contribution in [2.75, 3.05) is 13.2 Å². The molecule has 1 saturated carbocycles. The molecule has 0 saturated heterocycles. The third kappa shape index (κ3) is 6.10. The lowest BCUT2D eigenvalue weighted by molar-refractivity contribution is -0.143. The molecule has 1 unspecified atom stereocenters. The predicted octanol–water partition coefficient (Wildman–Crippen LogP) is 7.16. The largest absolute Gasteiger partial charge is 0.416 e. The first-order valence-corrected chi connectivity index (χ1v) is 12.7. The van der Waals surface area contributed by atoms with Gasteiger partial charge in [-0.05, 0) is 67.3 Å². The molecular formula is C29H29F6NO3. The highest BCUT2D eigenvalue weighted by molar-refractivity contribution is 6.01. The van der Waals surface area contributed by atoms with Crippen LogP contribution in [0.15, 0.2) is 53.5 Å². The van der Waals surface area contributed by atoms with Crippen molar-refractivity contribution in [2.24, 2.45) is 16.3 Å². The standard InChI is InChI=1S/C29H29F6NO3/c1-19(20-13-22(28(30,31)32)15-23(14-20)29(33,34)35)39-18-27(21-5-3-2-4-6-21)9-7-26(8-10-27,11-12-37)24-16-36-17-25(24)38/h2-6,12-16,19,24H,7-11,17-18H2,1H3/t19-,24?,26?,27?/m1/s1. The van der Waals surface area contributed by atoms with Crippen LogP contribution in [0.25, 0.3) is 0 Å². The Balaban J connectivity index is 1.61. The molecular weight excluding hydrogens is 524 g/mol. The number of hydrogen-bond donors (Lipinski definition) is 0. The molecule has 0 radical (unpaired) electrons. The molecule has 0 N–H and O–H groups in total. The van der Waals surface area contributed by atoms with Gasteiger partial charge >= 0.3 is 12.4 Å². The fourth-order valence-corrected chi connectivity index (χ4v) is 5.87. The Morgan fingerprint density at radius 1 is 0.974 bits per heavy atom. The number of carbonyl (C=O) groups is 2. The lowest BCUT2D eigenvalue weighted by atomic mass is 9.56. The van der Waals surface area contributed by atoms with E-state index in [-0.39, 0.29) is 37.0 Å². The lowest BCUT2D eigenvalue weighted by Gasteiger charge is -2.48. The second kappa shape index (κ2) is 10.9. The summed E-state index contributed by atoms with van der Waals surface area (Å²) in [5, 5.41) is 0. The van der Waals surface area contributed by atoms with E-state index in [1.807, 2.05) is 30.3 Å². The molecule has 2 aliphatic rings. The van der Waals surface area contributed by atoms with E-state index in [2.05, 4.69) is 4.99 Å². The summed E-state index contributed by atoms with van der Waals surface area (Å²) in [6.45, 7) is 1.56. The molecule has 1 heterocycles. The lowest BCUT2D eigenvalue weighted by Crippen LogP contribution is -2.45. The van der Waals surface area contributed by atoms with Gasteiger partial charge in [0.1, 0.15) is 6.29 Å². The van der Waals surface area contributed by atoms with Crippen LogP contribution in [-0.4, -0.2) is 31.4 Å². The van der Waals surface area contributed by atoms with E-state index in [4.69, 9.17) is 4.74 Å². The zero-order valence-corrected chi connectivity index (χ0v) is 21.3. The second-order valence-electron chi connectivity index (χ2n) is 10.6. The summed E-state index contributed by atoms with van der Waals surface area (Å²) in [6, 6.07) is 10.8. The minimum absolute atomic E-state index is 0.0288. The Morgan fingerprint density at radius 2 is 1.56 bits per heavy atom. The molecule has 1 aliphatic heterocycles. The average Bonchev–Trinajstić information content (AvgIpc) is 3.34. The average molecular weight is 554 g/mol. The summed E-state index contributed by atoms with van der Waals surface area (Å²) in [4.78, 5) is 28.2. The molecule has 2 atom stereocenters. The predicted molar refractivity (Wildman–Crippen MR) is 132 cm³/mol. The van der Waals surface area contributed by atoms with Gasteiger partial charge in [-0.2, -0.15) is 26.3 Å². The molecule has 4 rings (SSSR count). The van der Waals surface area contributed by atoms with Crippen molar-refractivity contribution >= 4 is 18.3 Å². The summed E-state index contributed by atoms with van der Waals surface area (Å²) in [5.41, 5.74) is -3.26. The van der Waals surface area contributed by atoms with Crippen LogP contribution in [-0.2, 0) is 32.1 Å². The van der Waals surface area contributed by atoms with Gasteiger partial charge in [0.15, 0.2) is 5.78 Å². The van der Waals surface area contributed by atoms with E-state index in [0.717, 1.165) is 11.8 Å². The van der Waals surface area contributed by atoms with Gasteiger partial charge in [-0.3, -0.25) is 9.79 Å². The first kappa shape index (κ1) is 29.0. The highest BCUT2D eigenvalue weighted by Gasteiger charge is 2.50. The van der Waals surface area contributed by atoms with E-state index in [1.165, 1.54) is 6.92 Å². The van der Waals surface area contributed by atoms with Crippen LogP contribution >= 0.6 is 0 Å². The van der Waals surface area contributed by atoms with Crippen molar-refractivity contribution in [2.45, 2.75) is 62.9 Å². The highest BCUT2D eigenvalue weighted by atomic mass is 19.4. The molecule has 0 amide bonds. The summed E-state index contributed by atoms with van der Waals surface area (Å²) in [5.74, 6) is -0.485. The zero-order valence-electron chi connectivity index (χ0n) is 21.3. The Labute approximate surface area is 222 Å². The number of nitrogens with zero attached hydrogens (tertiary/aromatic N) is 1. The van der Waals surface area contributed by atoms with Crippen LogP contribution in [0.1, 0.15) is 67.4 Å². The molecule has 0 bridgehead atoms. The number of rotatable bonds is 8. The van der Waals surface area contributed by atoms with E-state index in [0.29, 0.717) is 37.8 Å². The monoisotopic (exact) mass is 553 g/mol. The highest BCUT2D eigenvalue weighted by Crippen LogP contribution is 2.53. The maximum Gasteiger partial charge on any atom is 0.416 e. The van der Waals surface area contributed by atoms with E-state index in [1.54, 1.807) is 6.21 Å². The van der Waals surface area contributed by atoms with Gasteiger partial charge in [0, 0.05) is 18.1 Å². The number of halogens is 6. The van der Waals surface area contributed by atoms with Crippen molar-refractivity contribution in [3.05, 3.63) is 70.8 Å². The Hall–Kier alpha value is -3.01. The number of ketones is 1. The van der Waals surface area contributed by atoms with Gasteiger partial charge in [0.05, 0.1) is 36.3 Å². The van der Waals surface area contributed by atoms with E-state index < -0.39 is 46.3 Å². The third-order valence-electron chi connectivity index (χ3n) is 8.28. The van der Waals surface area contributed by atoms with Crippen LogP contribution in [0.3, 0.4) is 0 Å². The number of ether oxygens (including phenoxy) is 1. The quantitative estimate of drug-likeness (QED) is 0.258. The van der Waals surface area contributed by atoms with Crippen LogP contribution in [0, 0.1) is 11.3 Å². The number of carbonyl (C=O) groups excluding carboxylic acids is 2. The fraction of sp³-hybridized carbons (Fsp3) is 0.483. The normalized spacial score (nSPS) is 26.5. The molecule has 39 heavy (non-hydrogen) atoms. The molecule has 210 valence electrons.